The van der Waals surface area contributed by atoms with Crippen molar-refractivity contribution in [3.63, 3.8) is 0 Å². The van der Waals surface area contributed by atoms with Crippen LogP contribution >= 0.6 is 0 Å². The Morgan fingerprint density at radius 1 is 1.50 bits per heavy atom. The Hall–Kier alpha value is -1.71. The number of benzene rings is 1. The van der Waals surface area contributed by atoms with E-state index in [4.69, 9.17) is 14.6 Å². The maximum Gasteiger partial charge on any atom is 0.339 e. The number of carbonyl (C=O) groups is 1. The zero-order valence-corrected chi connectivity index (χ0v) is 9.32. The van der Waals surface area contributed by atoms with Gasteiger partial charge in [-0.1, -0.05) is 0 Å². The van der Waals surface area contributed by atoms with Crippen molar-refractivity contribution in [1.82, 2.24) is 0 Å². The number of rotatable bonds is 3. The molecule has 86 valence electrons. The molecular weight excluding hydrogens is 208 g/mol. The molecule has 0 unspecified atom stereocenters. The zero-order valence-electron chi connectivity index (χ0n) is 9.32. The van der Waals surface area contributed by atoms with Crippen molar-refractivity contribution in [3.8, 4) is 11.5 Å². The van der Waals surface area contributed by atoms with Gasteiger partial charge in [0.1, 0.15) is 17.1 Å². The van der Waals surface area contributed by atoms with Gasteiger partial charge in [-0.3, -0.25) is 0 Å². The largest absolute Gasteiger partial charge is 0.493 e. The maximum atomic E-state index is 11.1. The van der Waals surface area contributed by atoms with Crippen molar-refractivity contribution >= 4 is 5.97 Å². The lowest BCUT2D eigenvalue weighted by molar-refractivity contribution is 0.0690. The van der Waals surface area contributed by atoms with E-state index in [0.29, 0.717) is 18.1 Å². The monoisotopic (exact) mass is 222 g/mol. The molecular formula is C12H14O4. The first-order valence-corrected chi connectivity index (χ1v) is 5.27. The molecule has 1 aromatic carbocycles. The van der Waals surface area contributed by atoms with Crippen LogP contribution in [0.5, 0.6) is 11.5 Å². The lowest BCUT2D eigenvalue weighted by atomic mass is 10.1. The van der Waals surface area contributed by atoms with E-state index >= 15 is 0 Å². The van der Waals surface area contributed by atoms with Crippen LogP contribution in [-0.4, -0.2) is 23.8 Å². The Labute approximate surface area is 93.8 Å². The molecule has 1 N–H and O–H groups in total. The predicted molar refractivity (Wildman–Crippen MR) is 58.4 cm³/mol. The zero-order chi connectivity index (χ0) is 11.7. The van der Waals surface area contributed by atoms with Gasteiger partial charge in [0.15, 0.2) is 0 Å². The summed E-state index contributed by atoms with van der Waals surface area (Å²) in [6.07, 6.45) is 0.766. The van der Waals surface area contributed by atoms with Gasteiger partial charge in [0.25, 0.3) is 0 Å². The van der Waals surface area contributed by atoms with Gasteiger partial charge in [-0.25, -0.2) is 4.79 Å². The Morgan fingerprint density at radius 3 is 2.88 bits per heavy atom. The first-order valence-electron chi connectivity index (χ1n) is 5.27. The molecule has 0 amide bonds. The van der Waals surface area contributed by atoms with Crippen LogP contribution in [0.25, 0.3) is 0 Å². The van der Waals surface area contributed by atoms with Gasteiger partial charge >= 0.3 is 5.97 Å². The summed E-state index contributed by atoms with van der Waals surface area (Å²) in [5.74, 6) is 0.0919. The van der Waals surface area contributed by atoms with E-state index in [2.05, 4.69) is 0 Å². The second-order valence-corrected chi connectivity index (χ2v) is 4.03. The number of fused-ring (bicyclic) bond motifs is 1. The number of carboxylic acids is 1. The van der Waals surface area contributed by atoms with Crippen LogP contribution in [0.15, 0.2) is 12.1 Å². The quantitative estimate of drug-likeness (QED) is 0.850. The van der Waals surface area contributed by atoms with Gasteiger partial charge in [0.2, 0.25) is 0 Å². The van der Waals surface area contributed by atoms with Gasteiger partial charge in [-0.05, 0) is 26.0 Å². The Morgan fingerprint density at radius 2 is 2.25 bits per heavy atom. The van der Waals surface area contributed by atoms with Gasteiger partial charge in [-0.2, -0.15) is 0 Å². The van der Waals surface area contributed by atoms with Gasteiger partial charge < -0.3 is 14.6 Å². The Balaban J connectivity index is 2.44. The van der Waals surface area contributed by atoms with Crippen LogP contribution < -0.4 is 9.47 Å². The smallest absolute Gasteiger partial charge is 0.339 e. The molecule has 1 heterocycles. The van der Waals surface area contributed by atoms with Crippen molar-refractivity contribution in [2.24, 2.45) is 0 Å². The van der Waals surface area contributed by atoms with E-state index in [0.717, 1.165) is 12.0 Å². The third-order valence-electron chi connectivity index (χ3n) is 2.38. The fourth-order valence-corrected chi connectivity index (χ4v) is 1.72. The summed E-state index contributed by atoms with van der Waals surface area (Å²) in [5.41, 5.74) is 1.18. The average Bonchev–Trinajstić information content (AvgIpc) is 2.62. The summed E-state index contributed by atoms with van der Waals surface area (Å²) in [4.78, 5) is 11.1. The molecule has 1 aliphatic heterocycles. The van der Waals surface area contributed by atoms with Crippen molar-refractivity contribution in [3.05, 3.63) is 23.3 Å². The molecule has 4 nitrogen and oxygen atoms in total. The molecule has 1 aliphatic rings. The van der Waals surface area contributed by atoms with E-state index in [1.807, 2.05) is 13.8 Å². The molecule has 0 bridgehead atoms. The average molecular weight is 222 g/mol. The molecule has 0 aliphatic carbocycles. The molecule has 0 atom stereocenters. The number of hydrogen-bond acceptors (Lipinski definition) is 3. The van der Waals surface area contributed by atoms with Crippen molar-refractivity contribution in [2.45, 2.75) is 26.4 Å². The van der Waals surface area contributed by atoms with E-state index in [1.165, 1.54) is 0 Å². The number of aromatic carboxylic acids is 1. The molecule has 0 fully saturated rings. The summed E-state index contributed by atoms with van der Waals surface area (Å²) in [6.45, 7) is 4.35. The van der Waals surface area contributed by atoms with Gasteiger partial charge in [0.05, 0.1) is 12.7 Å². The first kappa shape index (κ1) is 10.8. The van der Waals surface area contributed by atoms with Crippen molar-refractivity contribution in [2.75, 3.05) is 6.61 Å². The van der Waals surface area contributed by atoms with Crippen LogP contribution in [0, 0.1) is 0 Å². The number of carboxylic acid groups (broad SMARTS) is 1. The molecule has 2 rings (SSSR count). The summed E-state index contributed by atoms with van der Waals surface area (Å²) in [7, 11) is 0. The predicted octanol–water partition coefficient (Wildman–Crippen LogP) is 2.11. The topological polar surface area (TPSA) is 55.8 Å². The van der Waals surface area contributed by atoms with Crippen molar-refractivity contribution < 1.29 is 19.4 Å². The number of hydrogen-bond donors (Lipinski definition) is 1. The normalized spacial score (nSPS) is 13.4. The minimum atomic E-state index is -0.992. The highest BCUT2D eigenvalue weighted by Crippen LogP contribution is 2.33. The minimum Gasteiger partial charge on any atom is -0.493 e. The Bertz CT molecular complexity index is 423. The highest BCUT2D eigenvalue weighted by molar-refractivity contribution is 5.91. The SMILES string of the molecule is CC(C)Oc1cc2c(cc1C(=O)O)OCC2. The van der Waals surface area contributed by atoms with Crippen molar-refractivity contribution in [1.29, 1.82) is 0 Å². The van der Waals surface area contributed by atoms with Crippen LogP contribution in [0.3, 0.4) is 0 Å². The summed E-state index contributed by atoms with van der Waals surface area (Å²) >= 11 is 0. The second kappa shape index (κ2) is 4.04. The molecule has 4 heteroatoms. The third kappa shape index (κ3) is 1.96. The molecule has 0 aromatic heterocycles. The van der Waals surface area contributed by atoms with E-state index in [9.17, 15) is 4.79 Å². The molecule has 16 heavy (non-hydrogen) atoms. The van der Waals surface area contributed by atoms with Gasteiger partial charge in [0, 0.05) is 12.0 Å². The standard InChI is InChI=1S/C12H14O4/c1-7(2)16-11-5-8-3-4-15-10(8)6-9(11)12(13)14/h5-7H,3-4H2,1-2H3,(H,13,14). The highest BCUT2D eigenvalue weighted by atomic mass is 16.5. The summed E-state index contributed by atoms with van der Waals surface area (Å²) in [6, 6.07) is 3.31. The lowest BCUT2D eigenvalue weighted by Crippen LogP contribution is -2.10. The molecule has 0 saturated heterocycles. The van der Waals surface area contributed by atoms with Crippen LogP contribution in [0.4, 0.5) is 0 Å². The Kier molecular flexibility index (Phi) is 2.73. The molecule has 0 saturated carbocycles. The summed E-state index contributed by atoms with van der Waals surface area (Å²) < 4.78 is 10.8. The minimum absolute atomic E-state index is 0.0431. The third-order valence-corrected chi connectivity index (χ3v) is 2.38. The summed E-state index contributed by atoms with van der Waals surface area (Å²) in [5, 5.41) is 9.07. The number of ether oxygens (including phenoxy) is 2. The van der Waals surface area contributed by atoms with Crippen LogP contribution in [-0.2, 0) is 6.42 Å². The highest BCUT2D eigenvalue weighted by Gasteiger charge is 2.20. The lowest BCUT2D eigenvalue weighted by Gasteiger charge is -2.13. The second-order valence-electron chi connectivity index (χ2n) is 4.03. The first-order chi connectivity index (χ1) is 7.58. The van der Waals surface area contributed by atoms with Crippen LogP contribution in [0.1, 0.15) is 29.8 Å². The maximum absolute atomic E-state index is 11.1. The fourth-order valence-electron chi connectivity index (χ4n) is 1.72. The fraction of sp³-hybridized carbons (Fsp3) is 0.417. The van der Waals surface area contributed by atoms with E-state index in [-0.39, 0.29) is 11.7 Å². The van der Waals surface area contributed by atoms with Gasteiger partial charge in [-0.15, -0.1) is 0 Å². The van der Waals surface area contributed by atoms with E-state index in [1.54, 1.807) is 12.1 Å². The van der Waals surface area contributed by atoms with Crippen LogP contribution in [0.2, 0.25) is 0 Å². The molecule has 0 radical (unpaired) electrons. The molecule has 0 spiro atoms. The van der Waals surface area contributed by atoms with E-state index < -0.39 is 5.97 Å². The molecule has 1 aromatic rings.